The Morgan fingerprint density at radius 1 is 1.44 bits per heavy atom. The molecule has 0 spiro atoms. The summed E-state index contributed by atoms with van der Waals surface area (Å²) in [6.45, 7) is 0. The number of benzene rings is 1. The molecule has 4 nitrogen and oxygen atoms in total. The van der Waals surface area contributed by atoms with Crippen LogP contribution in [-0.4, -0.2) is 16.3 Å². The van der Waals surface area contributed by atoms with Crippen molar-refractivity contribution in [3.8, 4) is 0 Å². The second-order valence-corrected chi connectivity index (χ2v) is 5.08. The van der Waals surface area contributed by atoms with Crippen molar-refractivity contribution in [1.29, 1.82) is 0 Å². The van der Waals surface area contributed by atoms with Gasteiger partial charge in [0, 0.05) is 4.90 Å². The lowest BCUT2D eigenvalue weighted by molar-refractivity contribution is -0.121. The van der Waals surface area contributed by atoms with E-state index in [-0.39, 0.29) is 16.3 Å². The molecule has 2 rings (SSSR count). The third-order valence-electron chi connectivity index (χ3n) is 2.25. The fraction of sp³-hybridized carbons (Fsp3) is 0.200. The zero-order valence-electron chi connectivity index (χ0n) is 8.40. The topological polar surface area (TPSA) is 67.2 Å². The van der Waals surface area contributed by atoms with Crippen LogP contribution in [0.2, 0.25) is 0 Å². The number of carbonyl (C=O) groups excluding carboxylic acids is 1. The Morgan fingerprint density at radius 3 is 2.88 bits per heavy atom. The minimum atomic E-state index is -0.112. The minimum absolute atomic E-state index is 0.0638. The van der Waals surface area contributed by atoms with Crippen molar-refractivity contribution in [2.45, 2.75) is 16.6 Å². The minimum Gasteiger partial charge on any atom is -0.375 e. The Hall–Kier alpha value is -1.27. The zero-order valence-corrected chi connectivity index (χ0v) is 10.0. The summed E-state index contributed by atoms with van der Waals surface area (Å²) >= 11 is 6.16. The molecule has 0 aromatic heterocycles. The first-order valence-electron chi connectivity index (χ1n) is 4.76. The molecule has 0 saturated carbocycles. The van der Waals surface area contributed by atoms with Gasteiger partial charge in [-0.1, -0.05) is 18.2 Å². The van der Waals surface area contributed by atoms with E-state index in [9.17, 15) is 4.79 Å². The molecule has 1 amide bonds. The number of hydrogen-bond acceptors (Lipinski definition) is 3. The molecule has 0 radical (unpaired) electrons. The van der Waals surface area contributed by atoms with Gasteiger partial charge in [0.25, 0.3) is 5.91 Å². The number of nitrogens with two attached hydrogens (primary N) is 1. The first-order chi connectivity index (χ1) is 7.66. The van der Waals surface area contributed by atoms with Crippen LogP contribution < -0.4 is 16.6 Å². The summed E-state index contributed by atoms with van der Waals surface area (Å²) in [5, 5.41) is -0.0480. The van der Waals surface area contributed by atoms with Crippen LogP contribution in [0.4, 0.5) is 0 Å². The first-order valence-corrected chi connectivity index (χ1v) is 6.05. The van der Waals surface area contributed by atoms with Gasteiger partial charge in [-0.15, -0.1) is 11.8 Å². The summed E-state index contributed by atoms with van der Waals surface area (Å²) < 4.78 is 0. The average molecular weight is 253 g/mol. The third-order valence-corrected chi connectivity index (χ3v) is 3.67. The molecule has 1 unspecified atom stereocenters. The van der Waals surface area contributed by atoms with Crippen LogP contribution in [0.5, 0.6) is 0 Å². The fourth-order valence-electron chi connectivity index (χ4n) is 1.53. The van der Waals surface area contributed by atoms with Gasteiger partial charge < -0.3 is 5.73 Å². The molecule has 0 saturated heterocycles. The van der Waals surface area contributed by atoms with Crippen molar-refractivity contribution in [3.05, 3.63) is 29.8 Å². The van der Waals surface area contributed by atoms with Crippen LogP contribution in [0.1, 0.15) is 5.56 Å². The quantitative estimate of drug-likeness (QED) is 0.504. The molecule has 1 aliphatic rings. The largest absolute Gasteiger partial charge is 0.375 e. The number of thiocarbonyl (C=S) groups is 1. The second-order valence-electron chi connectivity index (χ2n) is 3.40. The number of thioether (sulfide) groups is 1. The van der Waals surface area contributed by atoms with Crippen LogP contribution in [0.3, 0.4) is 0 Å². The van der Waals surface area contributed by atoms with Gasteiger partial charge in [0.15, 0.2) is 5.11 Å². The summed E-state index contributed by atoms with van der Waals surface area (Å²) in [5.74, 6) is -0.103. The van der Waals surface area contributed by atoms with Crippen LogP contribution in [-0.2, 0) is 11.2 Å². The Bertz CT molecular complexity index is 411. The number of hydrogen-bond donors (Lipinski definition) is 3. The van der Waals surface area contributed by atoms with Crippen LogP contribution >= 0.6 is 24.0 Å². The van der Waals surface area contributed by atoms with E-state index in [1.165, 1.54) is 5.56 Å². The number of hydrazine groups is 1. The van der Waals surface area contributed by atoms with E-state index in [0.29, 0.717) is 0 Å². The Balaban J connectivity index is 1.96. The van der Waals surface area contributed by atoms with Crippen molar-refractivity contribution < 1.29 is 4.79 Å². The standard InChI is InChI=1S/C10H11N3OS2/c11-10(15)13-12-9(14)8-5-6-3-1-2-4-7(6)16-8/h1-4,8H,5H2,(H,12,14)(H3,11,13,15). The van der Waals surface area contributed by atoms with E-state index in [4.69, 9.17) is 5.73 Å². The molecule has 1 aliphatic heterocycles. The zero-order chi connectivity index (χ0) is 11.5. The highest BCUT2D eigenvalue weighted by Crippen LogP contribution is 2.36. The molecule has 4 N–H and O–H groups in total. The molecule has 16 heavy (non-hydrogen) atoms. The van der Waals surface area contributed by atoms with Gasteiger partial charge in [-0.2, -0.15) is 0 Å². The fourth-order valence-corrected chi connectivity index (χ4v) is 2.78. The van der Waals surface area contributed by atoms with Gasteiger partial charge in [-0.3, -0.25) is 15.6 Å². The maximum absolute atomic E-state index is 11.7. The highest BCUT2D eigenvalue weighted by molar-refractivity contribution is 8.01. The number of nitrogens with one attached hydrogen (secondary N) is 2. The molecular formula is C10H11N3OS2. The molecule has 84 valence electrons. The van der Waals surface area contributed by atoms with Gasteiger partial charge >= 0.3 is 0 Å². The van der Waals surface area contributed by atoms with E-state index in [2.05, 4.69) is 23.1 Å². The summed E-state index contributed by atoms with van der Waals surface area (Å²) in [6.07, 6.45) is 0.742. The molecule has 1 heterocycles. The predicted octanol–water partition coefficient (Wildman–Crippen LogP) is 0.568. The van der Waals surface area contributed by atoms with Crippen LogP contribution in [0.25, 0.3) is 0 Å². The summed E-state index contributed by atoms with van der Waals surface area (Å²) in [6, 6.07) is 8.01. The Kier molecular flexibility index (Phi) is 3.31. The first kappa shape index (κ1) is 11.2. The maximum atomic E-state index is 11.7. The van der Waals surface area contributed by atoms with Gasteiger partial charge in [0.2, 0.25) is 0 Å². The number of rotatable bonds is 1. The van der Waals surface area contributed by atoms with E-state index in [0.717, 1.165) is 11.3 Å². The number of carbonyl (C=O) groups is 1. The molecule has 0 aliphatic carbocycles. The van der Waals surface area contributed by atoms with Gasteiger partial charge in [0.05, 0.1) is 5.25 Å². The third kappa shape index (κ3) is 2.45. The SMILES string of the molecule is NC(=S)NNC(=O)C1Cc2ccccc2S1. The lowest BCUT2D eigenvalue weighted by atomic mass is 10.1. The molecule has 1 aromatic rings. The Morgan fingerprint density at radius 2 is 2.19 bits per heavy atom. The maximum Gasteiger partial charge on any atom is 0.252 e. The molecule has 6 heteroatoms. The normalized spacial score (nSPS) is 17.6. The van der Waals surface area contributed by atoms with Crippen molar-refractivity contribution in [2.24, 2.45) is 5.73 Å². The molecule has 1 aromatic carbocycles. The van der Waals surface area contributed by atoms with E-state index < -0.39 is 0 Å². The van der Waals surface area contributed by atoms with Gasteiger partial charge in [-0.05, 0) is 30.3 Å². The number of fused-ring (bicyclic) bond motifs is 1. The lowest BCUT2D eigenvalue weighted by Crippen LogP contribution is -2.47. The van der Waals surface area contributed by atoms with Crippen LogP contribution in [0.15, 0.2) is 29.2 Å². The van der Waals surface area contributed by atoms with Gasteiger partial charge in [-0.25, -0.2) is 0 Å². The second kappa shape index (κ2) is 4.71. The summed E-state index contributed by atoms with van der Waals surface area (Å²) in [5.41, 5.74) is 11.4. The lowest BCUT2D eigenvalue weighted by Gasteiger charge is -2.10. The summed E-state index contributed by atoms with van der Waals surface area (Å²) in [7, 11) is 0. The Labute approximate surface area is 103 Å². The van der Waals surface area contributed by atoms with E-state index >= 15 is 0 Å². The van der Waals surface area contributed by atoms with Crippen molar-refractivity contribution in [1.82, 2.24) is 10.9 Å². The summed E-state index contributed by atoms with van der Waals surface area (Å²) in [4.78, 5) is 12.9. The van der Waals surface area contributed by atoms with E-state index in [1.807, 2.05) is 24.3 Å². The smallest absolute Gasteiger partial charge is 0.252 e. The van der Waals surface area contributed by atoms with Crippen molar-refractivity contribution in [3.63, 3.8) is 0 Å². The molecule has 0 bridgehead atoms. The molecular weight excluding hydrogens is 242 g/mol. The average Bonchev–Trinajstić information content (AvgIpc) is 2.69. The van der Waals surface area contributed by atoms with Gasteiger partial charge in [0.1, 0.15) is 0 Å². The highest BCUT2D eigenvalue weighted by Gasteiger charge is 2.27. The number of amides is 1. The monoisotopic (exact) mass is 253 g/mol. The van der Waals surface area contributed by atoms with Crippen molar-refractivity contribution in [2.75, 3.05) is 0 Å². The van der Waals surface area contributed by atoms with Crippen molar-refractivity contribution >= 4 is 35.0 Å². The predicted molar refractivity (Wildman–Crippen MR) is 67.9 cm³/mol. The molecule has 1 atom stereocenters. The van der Waals surface area contributed by atoms with Crippen LogP contribution in [0, 0.1) is 0 Å². The highest BCUT2D eigenvalue weighted by atomic mass is 32.2. The molecule has 0 fully saturated rings. The van der Waals surface area contributed by atoms with E-state index in [1.54, 1.807) is 11.8 Å².